The molecule has 0 saturated carbocycles. The van der Waals surface area contributed by atoms with E-state index in [0.717, 1.165) is 25.2 Å². The molecule has 1 N–H and O–H groups in total. The molecule has 0 amide bonds. The number of hydrogen-bond donors (Lipinski definition) is 1. The predicted octanol–water partition coefficient (Wildman–Crippen LogP) is 2.82. The minimum absolute atomic E-state index is 0.146. The van der Waals surface area contributed by atoms with Crippen LogP contribution in [0.4, 0.5) is 5.69 Å². The number of benzene rings is 2. The Morgan fingerprint density at radius 3 is 2.67 bits per heavy atom. The predicted molar refractivity (Wildman–Crippen MR) is 79.3 cm³/mol. The monoisotopic (exact) mass is 278 g/mol. The summed E-state index contributed by atoms with van der Waals surface area (Å²) >= 11 is 0. The van der Waals surface area contributed by atoms with Crippen LogP contribution in [0.2, 0.25) is 0 Å². The fraction of sp³-hybridized carbons (Fsp3) is 0.176. The summed E-state index contributed by atoms with van der Waals surface area (Å²) in [4.78, 5) is 13.1. The van der Waals surface area contributed by atoms with Crippen LogP contribution in [0.3, 0.4) is 0 Å². The van der Waals surface area contributed by atoms with Gasteiger partial charge in [-0.15, -0.1) is 0 Å². The second kappa shape index (κ2) is 5.29. The molecule has 0 fully saturated rings. The highest BCUT2D eigenvalue weighted by Crippen LogP contribution is 2.27. The Morgan fingerprint density at radius 2 is 1.95 bits per heavy atom. The zero-order valence-corrected chi connectivity index (χ0v) is 11.4. The van der Waals surface area contributed by atoms with E-state index < -0.39 is 5.97 Å². The molecule has 0 radical (unpaired) electrons. The van der Waals surface area contributed by atoms with E-state index in [2.05, 4.69) is 23.1 Å². The maximum absolute atomic E-state index is 11.0. The number of aromatic carboxylic acids is 1. The highest BCUT2D eigenvalue weighted by molar-refractivity contribution is 5.89. The van der Waals surface area contributed by atoms with Gasteiger partial charge in [0.25, 0.3) is 0 Å². The van der Waals surface area contributed by atoms with E-state index in [-0.39, 0.29) is 5.56 Å². The van der Waals surface area contributed by atoms with Gasteiger partial charge in [0.2, 0.25) is 0 Å². The molecule has 4 heteroatoms. The smallest absolute Gasteiger partial charge is 0.335 e. The quantitative estimate of drug-likeness (QED) is 0.917. The number of carboxylic acids is 1. The number of nitrogens with zero attached hydrogens (tertiary/aromatic N) is 2. The zero-order chi connectivity index (χ0) is 14.8. The van der Waals surface area contributed by atoms with Crippen LogP contribution in [-0.4, -0.2) is 17.6 Å². The Bertz CT molecular complexity index is 747. The standard InChI is InChI=1S/C17H14N2O2/c18-10-15-9-13(17(20)21)5-6-16(15)19-8-7-12-3-1-2-4-14(12)11-19/h1-6,9H,7-8,11H2,(H,20,21). The molecule has 0 saturated heterocycles. The fourth-order valence-electron chi connectivity index (χ4n) is 2.74. The zero-order valence-electron chi connectivity index (χ0n) is 11.4. The number of hydrogen-bond acceptors (Lipinski definition) is 3. The van der Waals surface area contributed by atoms with Gasteiger partial charge in [-0.05, 0) is 35.7 Å². The van der Waals surface area contributed by atoms with Crippen molar-refractivity contribution >= 4 is 11.7 Å². The summed E-state index contributed by atoms with van der Waals surface area (Å²) in [5.41, 5.74) is 3.96. The van der Waals surface area contributed by atoms with Crippen molar-refractivity contribution in [3.63, 3.8) is 0 Å². The topological polar surface area (TPSA) is 64.3 Å². The van der Waals surface area contributed by atoms with E-state index in [1.807, 2.05) is 12.1 Å². The van der Waals surface area contributed by atoms with Crippen molar-refractivity contribution in [3.05, 3.63) is 64.7 Å². The van der Waals surface area contributed by atoms with Crippen LogP contribution in [0, 0.1) is 11.3 Å². The van der Waals surface area contributed by atoms with Gasteiger partial charge >= 0.3 is 5.97 Å². The molecule has 0 unspecified atom stereocenters. The van der Waals surface area contributed by atoms with E-state index in [1.165, 1.54) is 17.2 Å². The second-order valence-electron chi connectivity index (χ2n) is 5.09. The third-order valence-corrected chi connectivity index (χ3v) is 3.84. The van der Waals surface area contributed by atoms with Crippen LogP contribution >= 0.6 is 0 Å². The van der Waals surface area contributed by atoms with E-state index >= 15 is 0 Å². The van der Waals surface area contributed by atoms with Gasteiger partial charge in [-0.25, -0.2) is 4.79 Å². The molecule has 21 heavy (non-hydrogen) atoms. The van der Waals surface area contributed by atoms with Crippen molar-refractivity contribution in [1.29, 1.82) is 5.26 Å². The summed E-state index contributed by atoms with van der Waals surface area (Å²) in [5.74, 6) is -1.01. The van der Waals surface area contributed by atoms with Gasteiger partial charge in [0.1, 0.15) is 6.07 Å². The van der Waals surface area contributed by atoms with Crippen LogP contribution < -0.4 is 4.90 Å². The minimum Gasteiger partial charge on any atom is -0.478 e. The molecule has 0 aliphatic carbocycles. The lowest BCUT2D eigenvalue weighted by Gasteiger charge is -2.31. The van der Waals surface area contributed by atoms with Crippen LogP contribution in [0.25, 0.3) is 0 Å². The minimum atomic E-state index is -1.01. The van der Waals surface area contributed by atoms with Gasteiger partial charge in [0.05, 0.1) is 16.8 Å². The molecule has 3 rings (SSSR count). The van der Waals surface area contributed by atoms with Crippen molar-refractivity contribution in [2.24, 2.45) is 0 Å². The normalized spacial score (nSPS) is 13.4. The highest BCUT2D eigenvalue weighted by atomic mass is 16.4. The third-order valence-electron chi connectivity index (χ3n) is 3.84. The third kappa shape index (κ3) is 2.46. The molecular formula is C17H14N2O2. The first-order valence-electron chi connectivity index (χ1n) is 6.78. The lowest BCUT2D eigenvalue weighted by atomic mass is 9.98. The SMILES string of the molecule is N#Cc1cc(C(=O)O)ccc1N1CCc2ccccc2C1. The van der Waals surface area contributed by atoms with Crippen LogP contribution in [0.15, 0.2) is 42.5 Å². The van der Waals surface area contributed by atoms with Crippen molar-refractivity contribution in [2.45, 2.75) is 13.0 Å². The number of rotatable bonds is 2. The van der Waals surface area contributed by atoms with Crippen molar-refractivity contribution < 1.29 is 9.90 Å². The molecule has 1 aliphatic rings. The van der Waals surface area contributed by atoms with Crippen molar-refractivity contribution in [2.75, 3.05) is 11.4 Å². The number of carbonyl (C=O) groups is 1. The number of nitriles is 1. The number of anilines is 1. The summed E-state index contributed by atoms with van der Waals surface area (Å²) in [6.07, 6.45) is 0.932. The largest absolute Gasteiger partial charge is 0.478 e. The van der Waals surface area contributed by atoms with Gasteiger partial charge in [-0.1, -0.05) is 24.3 Å². The molecule has 0 spiro atoms. The maximum atomic E-state index is 11.0. The summed E-state index contributed by atoms with van der Waals surface area (Å²) in [7, 11) is 0. The van der Waals surface area contributed by atoms with Crippen molar-refractivity contribution in [3.8, 4) is 6.07 Å². The molecule has 1 aliphatic heterocycles. The Morgan fingerprint density at radius 1 is 1.19 bits per heavy atom. The van der Waals surface area contributed by atoms with E-state index in [1.54, 1.807) is 12.1 Å². The van der Waals surface area contributed by atoms with Gasteiger partial charge in [0.15, 0.2) is 0 Å². The van der Waals surface area contributed by atoms with Crippen LogP contribution in [0.5, 0.6) is 0 Å². The van der Waals surface area contributed by atoms with Crippen molar-refractivity contribution in [1.82, 2.24) is 0 Å². The lowest BCUT2D eigenvalue weighted by Crippen LogP contribution is -2.30. The Balaban J connectivity index is 1.95. The number of carboxylic acid groups (broad SMARTS) is 1. The summed E-state index contributed by atoms with van der Waals surface area (Å²) in [6.45, 7) is 1.58. The molecular weight excluding hydrogens is 264 g/mol. The molecule has 0 aromatic heterocycles. The van der Waals surface area contributed by atoms with Crippen LogP contribution in [0.1, 0.15) is 27.0 Å². The molecule has 1 heterocycles. The lowest BCUT2D eigenvalue weighted by molar-refractivity contribution is 0.0697. The Labute approximate surface area is 122 Å². The fourth-order valence-corrected chi connectivity index (χ4v) is 2.74. The van der Waals surface area contributed by atoms with Gasteiger partial charge in [0, 0.05) is 13.1 Å². The second-order valence-corrected chi connectivity index (χ2v) is 5.09. The van der Waals surface area contributed by atoms with Crippen LogP contribution in [-0.2, 0) is 13.0 Å². The first kappa shape index (κ1) is 13.2. The molecule has 2 aromatic carbocycles. The van der Waals surface area contributed by atoms with Gasteiger partial charge < -0.3 is 10.0 Å². The van der Waals surface area contributed by atoms with Gasteiger partial charge in [-0.3, -0.25) is 0 Å². The molecule has 2 aromatic rings. The average molecular weight is 278 g/mol. The summed E-state index contributed by atoms with van der Waals surface area (Å²) in [6, 6.07) is 15.1. The summed E-state index contributed by atoms with van der Waals surface area (Å²) < 4.78 is 0. The summed E-state index contributed by atoms with van der Waals surface area (Å²) in [5, 5.41) is 18.3. The highest BCUT2D eigenvalue weighted by Gasteiger charge is 2.19. The molecule has 104 valence electrons. The maximum Gasteiger partial charge on any atom is 0.335 e. The van der Waals surface area contributed by atoms with E-state index in [0.29, 0.717) is 5.56 Å². The first-order chi connectivity index (χ1) is 10.2. The van der Waals surface area contributed by atoms with E-state index in [9.17, 15) is 10.1 Å². The number of fused-ring (bicyclic) bond motifs is 1. The molecule has 0 bridgehead atoms. The average Bonchev–Trinajstić information content (AvgIpc) is 2.53. The Kier molecular flexibility index (Phi) is 3.33. The molecule has 4 nitrogen and oxygen atoms in total. The van der Waals surface area contributed by atoms with E-state index in [4.69, 9.17) is 5.11 Å². The first-order valence-corrected chi connectivity index (χ1v) is 6.78. The van der Waals surface area contributed by atoms with Gasteiger partial charge in [-0.2, -0.15) is 5.26 Å². The Hall–Kier alpha value is -2.80. The molecule has 0 atom stereocenters.